The van der Waals surface area contributed by atoms with Crippen LogP contribution in [0.1, 0.15) is 15.9 Å². The van der Waals surface area contributed by atoms with E-state index in [2.05, 4.69) is 5.32 Å². The minimum Gasteiger partial charge on any atom is -0.399 e. The number of para-hydroxylation sites is 1. The number of aliphatic hydroxyl groups is 1. The van der Waals surface area contributed by atoms with E-state index >= 15 is 0 Å². The summed E-state index contributed by atoms with van der Waals surface area (Å²) < 4.78 is 0. The van der Waals surface area contributed by atoms with Gasteiger partial charge in [-0.3, -0.25) is 4.79 Å². The maximum atomic E-state index is 12.0. The van der Waals surface area contributed by atoms with Gasteiger partial charge < -0.3 is 16.2 Å². The third kappa shape index (κ3) is 2.67. The molecule has 0 fully saturated rings. The van der Waals surface area contributed by atoms with Crippen LogP contribution >= 0.6 is 0 Å². The summed E-state index contributed by atoms with van der Waals surface area (Å²) in [5, 5.41) is 11.9. The molecule has 4 heteroatoms. The van der Waals surface area contributed by atoms with Crippen molar-refractivity contribution in [3.63, 3.8) is 0 Å². The van der Waals surface area contributed by atoms with Crippen molar-refractivity contribution in [1.82, 2.24) is 0 Å². The molecule has 0 unspecified atom stereocenters. The number of nitrogens with one attached hydrogen (secondary N) is 1. The Bertz CT molecular complexity index is 567. The summed E-state index contributed by atoms with van der Waals surface area (Å²) in [6.45, 7) is -0.118. The molecular formula is C14H14N2O2. The first-order valence-electron chi connectivity index (χ1n) is 5.56. The fourth-order valence-electron chi connectivity index (χ4n) is 1.65. The SMILES string of the molecule is Nc1cccc(C(=O)Nc2ccccc2CO)c1. The van der Waals surface area contributed by atoms with Crippen molar-refractivity contribution in [3.8, 4) is 0 Å². The average molecular weight is 242 g/mol. The van der Waals surface area contributed by atoms with E-state index in [1.165, 1.54) is 0 Å². The number of hydrogen-bond donors (Lipinski definition) is 3. The van der Waals surface area contributed by atoms with Gasteiger partial charge in [0.05, 0.1) is 6.61 Å². The molecule has 2 aromatic rings. The van der Waals surface area contributed by atoms with Gasteiger partial charge in [-0.1, -0.05) is 24.3 Å². The van der Waals surface area contributed by atoms with Gasteiger partial charge >= 0.3 is 0 Å². The van der Waals surface area contributed by atoms with Crippen molar-refractivity contribution < 1.29 is 9.90 Å². The molecule has 1 amide bonds. The van der Waals surface area contributed by atoms with Gasteiger partial charge in [0, 0.05) is 22.5 Å². The Morgan fingerprint density at radius 3 is 2.67 bits per heavy atom. The van der Waals surface area contributed by atoms with E-state index in [4.69, 9.17) is 5.73 Å². The summed E-state index contributed by atoms with van der Waals surface area (Å²) in [5.74, 6) is -0.247. The summed E-state index contributed by atoms with van der Waals surface area (Å²) in [7, 11) is 0. The number of carbonyl (C=O) groups excluding carboxylic acids is 1. The molecule has 0 saturated carbocycles. The number of anilines is 2. The van der Waals surface area contributed by atoms with E-state index in [0.717, 1.165) is 0 Å². The molecule has 92 valence electrons. The highest BCUT2D eigenvalue weighted by molar-refractivity contribution is 6.05. The fourth-order valence-corrected chi connectivity index (χ4v) is 1.65. The fraction of sp³-hybridized carbons (Fsp3) is 0.0714. The predicted octanol–water partition coefficient (Wildman–Crippen LogP) is 2.01. The lowest BCUT2D eigenvalue weighted by atomic mass is 10.1. The van der Waals surface area contributed by atoms with Crippen molar-refractivity contribution in [2.24, 2.45) is 0 Å². The Hall–Kier alpha value is -2.33. The maximum Gasteiger partial charge on any atom is 0.255 e. The molecule has 0 radical (unpaired) electrons. The van der Waals surface area contributed by atoms with Crippen LogP contribution in [0.2, 0.25) is 0 Å². The molecule has 0 atom stereocenters. The van der Waals surface area contributed by atoms with Crippen LogP contribution in [0.15, 0.2) is 48.5 Å². The zero-order valence-electron chi connectivity index (χ0n) is 9.76. The number of hydrogen-bond acceptors (Lipinski definition) is 3. The third-order valence-electron chi connectivity index (χ3n) is 2.58. The Balaban J connectivity index is 2.21. The molecule has 0 heterocycles. The van der Waals surface area contributed by atoms with Crippen molar-refractivity contribution in [2.75, 3.05) is 11.1 Å². The quantitative estimate of drug-likeness (QED) is 0.721. The Morgan fingerprint density at radius 1 is 1.17 bits per heavy atom. The largest absolute Gasteiger partial charge is 0.399 e. The molecule has 0 spiro atoms. The highest BCUT2D eigenvalue weighted by Crippen LogP contribution is 2.16. The van der Waals surface area contributed by atoms with E-state index in [-0.39, 0.29) is 12.5 Å². The summed E-state index contributed by atoms with van der Waals surface area (Å²) >= 11 is 0. The zero-order valence-corrected chi connectivity index (χ0v) is 9.76. The van der Waals surface area contributed by atoms with Crippen LogP contribution < -0.4 is 11.1 Å². The second-order valence-electron chi connectivity index (χ2n) is 3.89. The lowest BCUT2D eigenvalue weighted by molar-refractivity contribution is 0.102. The molecule has 0 bridgehead atoms. The Labute approximate surface area is 105 Å². The normalized spacial score (nSPS) is 10.1. The van der Waals surface area contributed by atoms with Gasteiger partial charge in [0.15, 0.2) is 0 Å². The summed E-state index contributed by atoms with van der Waals surface area (Å²) in [6.07, 6.45) is 0. The molecule has 0 aliphatic carbocycles. The van der Waals surface area contributed by atoms with Crippen LogP contribution in [-0.4, -0.2) is 11.0 Å². The molecule has 0 aliphatic rings. The predicted molar refractivity (Wildman–Crippen MR) is 71.2 cm³/mol. The third-order valence-corrected chi connectivity index (χ3v) is 2.58. The molecular weight excluding hydrogens is 228 g/mol. The lowest BCUT2D eigenvalue weighted by Gasteiger charge is -2.09. The van der Waals surface area contributed by atoms with E-state index in [1.807, 2.05) is 6.07 Å². The summed E-state index contributed by atoms with van der Waals surface area (Å²) in [5.41, 5.74) is 7.93. The first-order valence-corrected chi connectivity index (χ1v) is 5.56. The molecule has 2 aromatic carbocycles. The smallest absolute Gasteiger partial charge is 0.255 e. The van der Waals surface area contributed by atoms with Crippen LogP contribution in [0.25, 0.3) is 0 Å². The second-order valence-corrected chi connectivity index (χ2v) is 3.89. The number of amides is 1. The Kier molecular flexibility index (Phi) is 3.60. The minimum atomic E-state index is -0.247. The van der Waals surface area contributed by atoms with Crippen molar-refractivity contribution in [1.29, 1.82) is 0 Å². The maximum absolute atomic E-state index is 12.0. The number of aliphatic hydroxyl groups excluding tert-OH is 1. The molecule has 2 rings (SSSR count). The number of rotatable bonds is 3. The number of benzene rings is 2. The van der Waals surface area contributed by atoms with Crippen LogP contribution in [-0.2, 0) is 6.61 Å². The van der Waals surface area contributed by atoms with Gasteiger partial charge in [-0.25, -0.2) is 0 Å². The molecule has 0 aliphatic heterocycles. The molecule has 4 N–H and O–H groups in total. The van der Waals surface area contributed by atoms with Crippen LogP contribution in [0.3, 0.4) is 0 Å². The number of nitrogen functional groups attached to an aromatic ring is 1. The number of nitrogens with two attached hydrogens (primary N) is 1. The van der Waals surface area contributed by atoms with E-state index < -0.39 is 0 Å². The van der Waals surface area contributed by atoms with Gasteiger partial charge in [-0.2, -0.15) is 0 Å². The van der Waals surface area contributed by atoms with Gasteiger partial charge in [0.1, 0.15) is 0 Å². The summed E-state index contributed by atoms with van der Waals surface area (Å²) in [4.78, 5) is 12.0. The molecule has 0 saturated heterocycles. The van der Waals surface area contributed by atoms with Gasteiger partial charge in [0.25, 0.3) is 5.91 Å². The second kappa shape index (κ2) is 5.33. The average Bonchev–Trinajstić information content (AvgIpc) is 2.39. The van der Waals surface area contributed by atoms with Crippen molar-refractivity contribution in [2.45, 2.75) is 6.61 Å². The summed E-state index contributed by atoms with van der Waals surface area (Å²) in [6, 6.07) is 13.9. The zero-order chi connectivity index (χ0) is 13.0. The topological polar surface area (TPSA) is 75.4 Å². The van der Waals surface area contributed by atoms with Gasteiger partial charge in [0.2, 0.25) is 0 Å². The number of carbonyl (C=O) groups is 1. The monoisotopic (exact) mass is 242 g/mol. The minimum absolute atomic E-state index is 0.118. The van der Waals surface area contributed by atoms with Crippen LogP contribution in [0, 0.1) is 0 Å². The highest BCUT2D eigenvalue weighted by atomic mass is 16.3. The van der Waals surface area contributed by atoms with Crippen LogP contribution in [0.5, 0.6) is 0 Å². The molecule has 0 aromatic heterocycles. The van der Waals surface area contributed by atoms with E-state index in [0.29, 0.717) is 22.5 Å². The van der Waals surface area contributed by atoms with Crippen LogP contribution in [0.4, 0.5) is 11.4 Å². The first kappa shape index (κ1) is 12.1. The van der Waals surface area contributed by atoms with Gasteiger partial charge in [-0.15, -0.1) is 0 Å². The van der Waals surface area contributed by atoms with Gasteiger partial charge in [-0.05, 0) is 24.3 Å². The highest BCUT2D eigenvalue weighted by Gasteiger charge is 2.08. The standard InChI is InChI=1S/C14H14N2O2/c15-12-6-3-5-10(8-12)14(18)16-13-7-2-1-4-11(13)9-17/h1-8,17H,9,15H2,(H,16,18). The lowest BCUT2D eigenvalue weighted by Crippen LogP contribution is -2.13. The Morgan fingerprint density at radius 2 is 1.94 bits per heavy atom. The first-order chi connectivity index (χ1) is 8.70. The van der Waals surface area contributed by atoms with E-state index in [9.17, 15) is 9.90 Å². The molecule has 18 heavy (non-hydrogen) atoms. The van der Waals surface area contributed by atoms with E-state index in [1.54, 1.807) is 42.5 Å². The van der Waals surface area contributed by atoms with Crippen molar-refractivity contribution >= 4 is 17.3 Å². The van der Waals surface area contributed by atoms with Crippen molar-refractivity contribution in [3.05, 3.63) is 59.7 Å². The molecule has 4 nitrogen and oxygen atoms in total.